The number of hydrogen-bond acceptors (Lipinski definition) is 10. The van der Waals surface area contributed by atoms with E-state index >= 15 is 0 Å². The van der Waals surface area contributed by atoms with Gasteiger partial charge in [-0.1, -0.05) is 19.6 Å². The van der Waals surface area contributed by atoms with Gasteiger partial charge in [0.15, 0.2) is 30.4 Å². The van der Waals surface area contributed by atoms with E-state index in [0.29, 0.717) is 12.8 Å². The summed E-state index contributed by atoms with van der Waals surface area (Å²) in [6, 6.07) is 0.808. The monoisotopic (exact) mass is 492 g/mol. The van der Waals surface area contributed by atoms with Crippen molar-refractivity contribution >= 4 is 8.07 Å². The normalized spacial score (nSPS) is 45.8. The number of aliphatic hydroxyl groups is 3. The fourth-order valence-corrected chi connectivity index (χ4v) is 6.73. The third kappa shape index (κ3) is 5.97. The lowest BCUT2D eigenvalue weighted by atomic mass is 10.1. The molecule has 0 spiro atoms. The molecule has 0 aromatic carbocycles. The topological polar surface area (TPSA) is 125 Å². The molecule has 10 atom stereocenters. The molecule has 5 fully saturated rings. The minimum absolute atomic E-state index is 0.0869. The first-order chi connectivity index (χ1) is 15.1. The van der Waals surface area contributed by atoms with Gasteiger partial charge < -0.3 is 48.5 Å². The third-order valence-electron chi connectivity index (χ3n) is 6.30. The molecule has 5 rings (SSSR count). The van der Waals surface area contributed by atoms with E-state index in [2.05, 4.69) is 19.6 Å². The molecular formula is C22H40O10Si. The van der Waals surface area contributed by atoms with Crippen molar-refractivity contribution in [3.05, 3.63) is 0 Å². The van der Waals surface area contributed by atoms with Crippen molar-refractivity contribution in [2.45, 2.75) is 139 Å². The Balaban J connectivity index is 0.000000163. The number of rotatable bonds is 4. The summed E-state index contributed by atoms with van der Waals surface area (Å²) in [7, 11) is -1.32. The van der Waals surface area contributed by atoms with E-state index in [9.17, 15) is 15.3 Å². The maximum atomic E-state index is 10.2. The molecule has 0 aromatic heterocycles. The molecule has 0 saturated carbocycles. The molecule has 33 heavy (non-hydrogen) atoms. The van der Waals surface area contributed by atoms with Crippen LogP contribution < -0.4 is 0 Å². The van der Waals surface area contributed by atoms with Gasteiger partial charge in [-0.2, -0.15) is 0 Å². The Kier molecular flexibility index (Phi) is 7.09. The lowest BCUT2D eigenvalue weighted by molar-refractivity contribution is -0.217. The highest BCUT2D eigenvalue weighted by atomic mass is 28.3. The summed E-state index contributed by atoms with van der Waals surface area (Å²) in [6.45, 7) is 13.9. The first kappa shape index (κ1) is 25.9. The lowest BCUT2D eigenvalue weighted by Crippen LogP contribution is -2.37. The molecule has 0 bridgehead atoms. The fraction of sp³-hybridized carbons (Fsp3) is 1.00. The molecule has 10 nitrogen and oxygen atoms in total. The minimum Gasteiger partial charge on any atom is -0.393 e. The van der Waals surface area contributed by atoms with Crippen molar-refractivity contribution in [1.29, 1.82) is 0 Å². The van der Waals surface area contributed by atoms with Gasteiger partial charge in [0.05, 0.1) is 18.3 Å². The van der Waals surface area contributed by atoms with Gasteiger partial charge in [0, 0.05) is 20.9 Å². The Labute approximate surface area is 196 Å². The summed E-state index contributed by atoms with van der Waals surface area (Å²) >= 11 is 0. The zero-order valence-electron chi connectivity index (χ0n) is 20.6. The van der Waals surface area contributed by atoms with E-state index < -0.39 is 56.6 Å². The van der Waals surface area contributed by atoms with Crippen LogP contribution in [0.3, 0.4) is 0 Å². The molecule has 5 heterocycles. The van der Waals surface area contributed by atoms with Crippen molar-refractivity contribution in [3.8, 4) is 0 Å². The van der Waals surface area contributed by atoms with Gasteiger partial charge >= 0.3 is 0 Å². The second kappa shape index (κ2) is 9.04. The van der Waals surface area contributed by atoms with Crippen LogP contribution in [0.25, 0.3) is 0 Å². The van der Waals surface area contributed by atoms with Crippen LogP contribution in [0.2, 0.25) is 25.7 Å². The summed E-state index contributed by atoms with van der Waals surface area (Å²) < 4.78 is 39.0. The highest BCUT2D eigenvalue weighted by Gasteiger charge is 2.58. The molecule has 5 saturated heterocycles. The molecule has 6 unspecified atom stereocenters. The molecule has 11 heteroatoms. The Hall–Kier alpha value is -0.183. The SMILES string of the molecule is CC1(C)OC2[C@H](OC(CC(O)C[Si](C)(C)C)[C@@H]2O)O1.CC1(C)OC2[C@H](OC3CC(O)O[C@@H]32)O1. The Bertz CT molecular complexity index is 697. The van der Waals surface area contributed by atoms with Gasteiger partial charge in [0.1, 0.15) is 24.4 Å². The quantitative estimate of drug-likeness (QED) is 0.494. The van der Waals surface area contributed by atoms with Crippen molar-refractivity contribution in [1.82, 2.24) is 0 Å². The van der Waals surface area contributed by atoms with Gasteiger partial charge in [0.2, 0.25) is 0 Å². The largest absolute Gasteiger partial charge is 0.393 e. The summed E-state index contributed by atoms with van der Waals surface area (Å²) in [5.74, 6) is -1.32. The second-order valence-corrected chi connectivity index (χ2v) is 17.3. The van der Waals surface area contributed by atoms with Crippen LogP contribution in [0.1, 0.15) is 40.5 Å². The average molecular weight is 493 g/mol. The Morgan fingerprint density at radius 3 is 1.97 bits per heavy atom. The molecular weight excluding hydrogens is 452 g/mol. The van der Waals surface area contributed by atoms with Crippen LogP contribution in [0.5, 0.6) is 0 Å². The maximum Gasteiger partial charge on any atom is 0.190 e. The van der Waals surface area contributed by atoms with E-state index in [1.165, 1.54) is 0 Å². The van der Waals surface area contributed by atoms with Gasteiger partial charge in [-0.05, 0) is 33.7 Å². The number of ether oxygens (including phenoxy) is 7. The molecule has 5 aliphatic rings. The molecule has 0 amide bonds. The highest BCUT2D eigenvalue weighted by Crippen LogP contribution is 2.43. The van der Waals surface area contributed by atoms with Crippen molar-refractivity contribution < 1.29 is 48.5 Å². The van der Waals surface area contributed by atoms with E-state index in [0.717, 1.165) is 6.04 Å². The van der Waals surface area contributed by atoms with E-state index in [1.807, 2.05) is 13.8 Å². The molecule has 0 aliphatic carbocycles. The standard InChI is InChI=1S/C13H26O5Si.C9H14O5/c1-13(2)17-11-10(15)9(16-12(11)18-13)6-8(14)7-19(3,4)5;1-9(2)13-7-6-4(3-5(10)12-6)11-8(7)14-9/h8-12,14-15H,6-7H2,1-5H3;4-8,10H,3H2,1-2H3/t8?,9?,10-,11?,12+;4?,5?,6-,7?,8+/m00/s1. The van der Waals surface area contributed by atoms with Crippen LogP contribution in [-0.2, 0) is 33.2 Å². The van der Waals surface area contributed by atoms with Crippen LogP contribution in [-0.4, -0.2) is 96.6 Å². The first-order valence-electron chi connectivity index (χ1n) is 11.8. The summed E-state index contributed by atoms with van der Waals surface area (Å²) in [6.07, 6.45) is -3.13. The predicted octanol–water partition coefficient (Wildman–Crippen LogP) is 1.28. The summed E-state index contributed by atoms with van der Waals surface area (Å²) in [4.78, 5) is 0. The van der Waals surface area contributed by atoms with Crippen LogP contribution in [0.4, 0.5) is 0 Å². The number of aliphatic hydroxyl groups excluding tert-OH is 3. The van der Waals surface area contributed by atoms with Gasteiger partial charge in [-0.25, -0.2) is 0 Å². The molecule has 5 aliphatic heterocycles. The van der Waals surface area contributed by atoms with E-state index in [4.69, 9.17) is 33.2 Å². The van der Waals surface area contributed by atoms with Crippen molar-refractivity contribution in [2.24, 2.45) is 0 Å². The molecule has 0 aromatic rings. The smallest absolute Gasteiger partial charge is 0.190 e. The lowest BCUT2D eigenvalue weighted by Gasteiger charge is -2.26. The van der Waals surface area contributed by atoms with Crippen LogP contribution >= 0.6 is 0 Å². The first-order valence-corrected chi connectivity index (χ1v) is 15.6. The number of hydrogen-bond donors (Lipinski definition) is 3. The van der Waals surface area contributed by atoms with Crippen molar-refractivity contribution in [3.63, 3.8) is 0 Å². The van der Waals surface area contributed by atoms with Gasteiger partial charge in [0.25, 0.3) is 0 Å². The number of fused-ring (bicyclic) bond motifs is 4. The summed E-state index contributed by atoms with van der Waals surface area (Å²) in [5.41, 5.74) is 0. The summed E-state index contributed by atoms with van der Waals surface area (Å²) in [5, 5.41) is 29.6. The molecule has 0 radical (unpaired) electrons. The molecule has 3 N–H and O–H groups in total. The highest BCUT2D eigenvalue weighted by molar-refractivity contribution is 6.76. The van der Waals surface area contributed by atoms with Crippen molar-refractivity contribution in [2.75, 3.05) is 0 Å². The zero-order valence-corrected chi connectivity index (χ0v) is 21.6. The van der Waals surface area contributed by atoms with Crippen LogP contribution in [0.15, 0.2) is 0 Å². The third-order valence-corrected chi connectivity index (χ3v) is 8.00. The van der Waals surface area contributed by atoms with E-state index in [1.54, 1.807) is 13.8 Å². The van der Waals surface area contributed by atoms with Gasteiger partial charge in [-0.3, -0.25) is 0 Å². The minimum atomic E-state index is -1.32. The average Bonchev–Trinajstić information content (AvgIpc) is 3.35. The Morgan fingerprint density at radius 1 is 0.818 bits per heavy atom. The maximum absolute atomic E-state index is 10.2. The zero-order chi connectivity index (χ0) is 24.3. The molecule has 192 valence electrons. The van der Waals surface area contributed by atoms with E-state index in [-0.39, 0.29) is 24.6 Å². The van der Waals surface area contributed by atoms with Gasteiger partial charge in [-0.15, -0.1) is 0 Å². The fourth-order valence-electron chi connectivity index (χ4n) is 5.15. The Morgan fingerprint density at radius 2 is 1.39 bits per heavy atom. The predicted molar refractivity (Wildman–Crippen MR) is 118 cm³/mol. The van der Waals surface area contributed by atoms with Crippen LogP contribution in [0, 0.1) is 0 Å². The second-order valence-electron chi connectivity index (χ2n) is 11.7.